The van der Waals surface area contributed by atoms with Gasteiger partial charge in [-0.15, -0.1) is 0 Å². The average molecular weight is 290 g/mol. The fourth-order valence-corrected chi connectivity index (χ4v) is 2.94. The summed E-state index contributed by atoms with van der Waals surface area (Å²) in [4.78, 5) is 24.9. The van der Waals surface area contributed by atoms with Gasteiger partial charge in [-0.25, -0.2) is 4.79 Å². The minimum atomic E-state index is -0.749. The minimum absolute atomic E-state index is 0.103. The molecule has 1 aliphatic rings. The first-order valence-corrected chi connectivity index (χ1v) is 7.43. The van der Waals surface area contributed by atoms with Crippen molar-refractivity contribution < 1.29 is 14.7 Å². The van der Waals surface area contributed by atoms with E-state index in [-0.39, 0.29) is 24.3 Å². The van der Waals surface area contributed by atoms with E-state index in [9.17, 15) is 9.59 Å². The van der Waals surface area contributed by atoms with Crippen LogP contribution in [0.3, 0.4) is 0 Å². The number of hydrogen-bond acceptors (Lipinski definition) is 2. The third-order valence-corrected chi connectivity index (χ3v) is 4.16. The normalized spacial score (nSPS) is 21.9. The van der Waals surface area contributed by atoms with E-state index in [0.29, 0.717) is 13.1 Å². The second-order valence-corrected chi connectivity index (χ2v) is 5.56. The zero-order valence-electron chi connectivity index (χ0n) is 12.3. The van der Waals surface area contributed by atoms with Crippen LogP contribution in [-0.2, 0) is 4.79 Å². The van der Waals surface area contributed by atoms with Crippen molar-refractivity contribution in [1.82, 2.24) is 4.90 Å². The van der Waals surface area contributed by atoms with Gasteiger partial charge in [-0.3, -0.25) is 4.79 Å². The molecule has 1 aromatic carbocycles. The summed E-state index contributed by atoms with van der Waals surface area (Å²) in [5.74, 6) is -0.315. The highest BCUT2D eigenvalue weighted by Gasteiger charge is 2.31. The zero-order valence-corrected chi connectivity index (χ0v) is 12.3. The molecule has 0 bridgehead atoms. The van der Waals surface area contributed by atoms with E-state index in [1.54, 1.807) is 4.90 Å². The van der Waals surface area contributed by atoms with Crippen LogP contribution in [0.4, 0.5) is 10.5 Å². The van der Waals surface area contributed by atoms with Gasteiger partial charge in [0.2, 0.25) is 0 Å². The van der Waals surface area contributed by atoms with Crippen LogP contribution in [0, 0.1) is 11.8 Å². The van der Waals surface area contributed by atoms with Crippen LogP contribution in [0.15, 0.2) is 30.3 Å². The maximum absolute atomic E-state index is 12.3. The largest absolute Gasteiger partial charge is 0.481 e. The molecule has 1 fully saturated rings. The lowest BCUT2D eigenvalue weighted by molar-refractivity contribution is -0.139. The maximum Gasteiger partial charge on any atom is 0.321 e. The average Bonchev–Trinajstić information content (AvgIpc) is 2.48. The number of nitrogens with zero attached hydrogens (tertiary/aromatic N) is 1. The summed E-state index contributed by atoms with van der Waals surface area (Å²) in [5.41, 5.74) is 0.781. The van der Waals surface area contributed by atoms with Gasteiger partial charge < -0.3 is 15.3 Å². The molecule has 2 amide bonds. The number of urea groups is 1. The Morgan fingerprint density at radius 1 is 1.29 bits per heavy atom. The Balaban J connectivity index is 1.93. The Kier molecular flexibility index (Phi) is 5.20. The van der Waals surface area contributed by atoms with Crippen LogP contribution in [0.5, 0.6) is 0 Å². The molecule has 5 heteroatoms. The molecular weight excluding hydrogens is 268 g/mol. The minimum Gasteiger partial charge on any atom is -0.481 e. The molecule has 2 rings (SSSR count). The molecule has 114 valence electrons. The number of hydrogen-bond donors (Lipinski definition) is 2. The highest BCUT2D eigenvalue weighted by molar-refractivity contribution is 5.89. The standard InChI is InChI=1S/C16H22N2O3/c1-2-12-11-18(9-8-13(12)10-15(19)20)16(21)17-14-6-4-3-5-7-14/h3-7,12-13H,2,8-11H2,1H3,(H,17,21)(H,19,20)/t12-,13-/m0/s1. The van der Waals surface area contributed by atoms with E-state index in [0.717, 1.165) is 18.5 Å². The quantitative estimate of drug-likeness (QED) is 0.895. The number of para-hydroxylation sites is 1. The molecule has 0 aromatic heterocycles. The Labute approximate surface area is 125 Å². The van der Waals surface area contributed by atoms with Crippen LogP contribution in [-0.4, -0.2) is 35.1 Å². The summed E-state index contributed by atoms with van der Waals surface area (Å²) in [7, 11) is 0. The Morgan fingerprint density at radius 2 is 2.00 bits per heavy atom. The number of nitrogens with one attached hydrogen (secondary N) is 1. The summed E-state index contributed by atoms with van der Waals surface area (Å²) >= 11 is 0. The second kappa shape index (κ2) is 7.11. The molecule has 1 aliphatic heterocycles. The van der Waals surface area contributed by atoms with Gasteiger partial charge in [0, 0.05) is 25.2 Å². The molecule has 2 N–H and O–H groups in total. The lowest BCUT2D eigenvalue weighted by atomic mass is 9.82. The fraction of sp³-hybridized carbons (Fsp3) is 0.500. The van der Waals surface area contributed by atoms with Crippen LogP contribution in [0.2, 0.25) is 0 Å². The van der Waals surface area contributed by atoms with Crippen LogP contribution in [0.1, 0.15) is 26.2 Å². The predicted octanol–water partition coefficient (Wildman–Crippen LogP) is 3.04. The smallest absolute Gasteiger partial charge is 0.321 e. The predicted molar refractivity (Wildman–Crippen MR) is 81.2 cm³/mol. The first-order chi connectivity index (χ1) is 10.1. The van der Waals surface area contributed by atoms with Gasteiger partial charge in [-0.05, 0) is 30.4 Å². The summed E-state index contributed by atoms with van der Waals surface area (Å²) in [6.45, 7) is 3.30. The van der Waals surface area contributed by atoms with Gasteiger partial charge in [-0.1, -0.05) is 31.5 Å². The van der Waals surface area contributed by atoms with Gasteiger partial charge >= 0.3 is 12.0 Å². The van der Waals surface area contributed by atoms with Crippen molar-refractivity contribution in [3.05, 3.63) is 30.3 Å². The van der Waals surface area contributed by atoms with Gasteiger partial charge in [-0.2, -0.15) is 0 Å². The number of likely N-dealkylation sites (tertiary alicyclic amines) is 1. The first-order valence-electron chi connectivity index (χ1n) is 7.43. The highest BCUT2D eigenvalue weighted by Crippen LogP contribution is 2.29. The number of carboxylic acids is 1. The molecule has 1 saturated heterocycles. The summed E-state index contributed by atoms with van der Waals surface area (Å²) in [6.07, 6.45) is 1.85. The van der Waals surface area contributed by atoms with E-state index in [4.69, 9.17) is 5.11 Å². The lowest BCUT2D eigenvalue weighted by Crippen LogP contribution is -2.45. The number of amides is 2. The molecule has 1 aromatic rings. The van der Waals surface area contributed by atoms with Crippen molar-refractivity contribution in [2.75, 3.05) is 18.4 Å². The number of carbonyl (C=O) groups excluding carboxylic acids is 1. The van der Waals surface area contributed by atoms with Crippen LogP contribution < -0.4 is 5.32 Å². The maximum atomic E-state index is 12.3. The van der Waals surface area contributed by atoms with Crippen molar-refractivity contribution in [1.29, 1.82) is 0 Å². The number of piperidine rings is 1. The topological polar surface area (TPSA) is 69.6 Å². The molecule has 0 aliphatic carbocycles. The number of benzene rings is 1. The van der Waals surface area contributed by atoms with E-state index in [1.807, 2.05) is 30.3 Å². The number of aliphatic carboxylic acids is 1. The van der Waals surface area contributed by atoms with Crippen LogP contribution >= 0.6 is 0 Å². The van der Waals surface area contributed by atoms with E-state index in [1.165, 1.54) is 0 Å². The summed E-state index contributed by atoms with van der Waals surface area (Å²) < 4.78 is 0. The molecule has 5 nitrogen and oxygen atoms in total. The monoisotopic (exact) mass is 290 g/mol. The van der Waals surface area contributed by atoms with Gasteiger partial charge in [0.05, 0.1) is 0 Å². The molecule has 21 heavy (non-hydrogen) atoms. The lowest BCUT2D eigenvalue weighted by Gasteiger charge is -2.37. The highest BCUT2D eigenvalue weighted by atomic mass is 16.4. The SMILES string of the molecule is CC[C@H]1CN(C(=O)Nc2ccccc2)CC[C@H]1CC(=O)O. The van der Waals surface area contributed by atoms with E-state index >= 15 is 0 Å². The van der Waals surface area contributed by atoms with Crippen molar-refractivity contribution in [3.8, 4) is 0 Å². The Bertz CT molecular complexity index is 490. The summed E-state index contributed by atoms with van der Waals surface area (Å²) in [6, 6.07) is 9.26. The Morgan fingerprint density at radius 3 is 2.62 bits per heavy atom. The Hall–Kier alpha value is -2.04. The van der Waals surface area contributed by atoms with Crippen molar-refractivity contribution in [2.24, 2.45) is 11.8 Å². The number of anilines is 1. The van der Waals surface area contributed by atoms with Gasteiger partial charge in [0.25, 0.3) is 0 Å². The molecule has 1 heterocycles. The van der Waals surface area contributed by atoms with Crippen molar-refractivity contribution in [3.63, 3.8) is 0 Å². The van der Waals surface area contributed by atoms with Crippen LogP contribution in [0.25, 0.3) is 0 Å². The van der Waals surface area contributed by atoms with Crippen molar-refractivity contribution in [2.45, 2.75) is 26.2 Å². The third kappa shape index (κ3) is 4.21. The molecule has 0 spiro atoms. The molecule has 2 atom stereocenters. The first kappa shape index (κ1) is 15.4. The molecule has 0 unspecified atom stereocenters. The van der Waals surface area contributed by atoms with E-state index in [2.05, 4.69) is 12.2 Å². The second-order valence-electron chi connectivity index (χ2n) is 5.56. The van der Waals surface area contributed by atoms with Gasteiger partial charge in [0.15, 0.2) is 0 Å². The zero-order chi connectivity index (χ0) is 15.2. The van der Waals surface area contributed by atoms with E-state index < -0.39 is 5.97 Å². The number of carbonyl (C=O) groups is 2. The van der Waals surface area contributed by atoms with Gasteiger partial charge in [0.1, 0.15) is 0 Å². The summed E-state index contributed by atoms with van der Waals surface area (Å²) in [5, 5.41) is 11.8. The third-order valence-electron chi connectivity index (χ3n) is 4.16. The number of carboxylic acid groups (broad SMARTS) is 1. The molecule has 0 saturated carbocycles. The fourth-order valence-electron chi connectivity index (χ4n) is 2.94. The van der Waals surface area contributed by atoms with Crippen molar-refractivity contribution >= 4 is 17.7 Å². The molecular formula is C16H22N2O3. The molecule has 0 radical (unpaired) electrons. The number of rotatable bonds is 4.